The molecule has 2 rings (SSSR count). The molecule has 1 N–H and O–H groups in total. The molecule has 3 nitrogen and oxygen atoms in total. The minimum atomic E-state index is -0.306. The van der Waals surface area contributed by atoms with Crippen LogP contribution in [0.4, 0.5) is 0 Å². The Balaban J connectivity index is 1.97. The van der Waals surface area contributed by atoms with Gasteiger partial charge in [-0.3, -0.25) is 4.79 Å². The van der Waals surface area contributed by atoms with Gasteiger partial charge in [-0.2, -0.15) is 0 Å². The van der Waals surface area contributed by atoms with Gasteiger partial charge in [-0.15, -0.1) is 0 Å². The predicted octanol–water partition coefficient (Wildman–Crippen LogP) is 2.70. The van der Waals surface area contributed by atoms with Crippen molar-refractivity contribution in [2.24, 2.45) is 0 Å². The van der Waals surface area contributed by atoms with E-state index < -0.39 is 0 Å². The van der Waals surface area contributed by atoms with Gasteiger partial charge in [-0.05, 0) is 45.6 Å². The molecule has 1 atom stereocenters. The molecular weight excluding hydrogens is 224 g/mol. The fourth-order valence-corrected chi connectivity index (χ4v) is 3.44. The van der Waals surface area contributed by atoms with Gasteiger partial charge < -0.3 is 10.2 Å². The average Bonchev–Trinajstić information content (AvgIpc) is 2.66. The van der Waals surface area contributed by atoms with Gasteiger partial charge in [-0.25, -0.2) is 0 Å². The number of carbonyl (C=O) groups excluding carboxylic acids is 1. The summed E-state index contributed by atoms with van der Waals surface area (Å²) < 4.78 is 0. The van der Waals surface area contributed by atoms with Crippen molar-refractivity contribution in [2.75, 3.05) is 13.6 Å². The van der Waals surface area contributed by atoms with Crippen molar-refractivity contribution < 1.29 is 4.79 Å². The van der Waals surface area contributed by atoms with Crippen LogP contribution in [0.3, 0.4) is 0 Å². The summed E-state index contributed by atoms with van der Waals surface area (Å²) in [6.07, 6.45) is 11.0. The average molecular weight is 252 g/mol. The summed E-state index contributed by atoms with van der Waals surface area (Å²) in [5, 5.41) is 3.44. The molecule has 18 heavy (non-hydrogen) atoms. The summed E-state index contributed by atoms with van der Waals surface area (Å²) in [6, 6.07) is 0.473. The highest BCUT2D eigenvalue weighted by Crippen LogP contribution is 2.26. The Morgan fingerprint density at radius 3 is 2.33 bits per heavy atom. The molecule has 0 bridgehead atoms. The fourth-order valence-electron chi connectivity index (χ4n) is 3.44. The van der Waals surface area contributed by atoms with Gasteiger partial charge in [0.05, 0.1) is 5.54 Å². The lowest BCUT2D eigenvalue weighted by Crippen LogP contribution is -2.58. The second kappa shape index (κ2) is 6.05. The van der Waals surface area contributed by atoms with Crippen molar-refractivity contribution in [1.29, 1.82) is 0 Å². The second-order valence-electron chi connectivity index (χ2n) is 6.28. The Bertz CT molecular complexity index is 276. The van der Waals surface area contributed by atoms with Crippen LogP contribution in [0.15, 0.2) is 0 Å². The minimum absolute atomic E-state index is 0.306. The van der Waals surface area contributed by atoms with Crippen LogP contribution in [0.25, 0.3) is 0 Å². The van der Waals surface area contributed by atoms with Crippen LogP contribution in [-0.4, -0.2) is 36.0 Å². The van der Waals surface area contributed by atoms with Crippen molar-refractivity contribution in [2.45, 2.75) is 76.3 Å². The number of likely N-dealkylation sites (N-methyl/N-ethyl adjacent to an activating group) is 1. The zero-order chi connectivity index (χ0) is 13.0. The first-order valence-corrected chi connectivity index (χ1v) is 7.66. The molecule has 0 aromatic carbocycles. The molecule has 3 heteroatoms. The molecule has 1 saturated heterocycles. The number of piperidine rings is 1. The van der Waals surface area contributed by atoms with E-state index in [4.69, 9.17) is 0 Å². The lowest BCUT2D eigenvalue weighted by molar-refractivity contribution is -0.139. The van der Waals surface area contributed by atoms with Crippen LogP contribution in [0.5, 0.6) is 0 Å². The standard InChI is InChI=1S/C15H28N2O/c1-15(11-7-8-12-16-15)14(18)17(2)13-9-5-3-4-6-10-13/h13,16H,3-12H2,1-2H3. The lowest BCUT2D eigenvalue weighted by atomic mass is 9.89. The molecule has 2 fully saturated rings. The smallest absolute Gasteiger partial charge is 0.242 e. The van der Waals surface area contributed by atoms with E-state index in [1.807, 2.05) is 11.9 Å². The van der Waals surface area contributed by atoms with Gasteiger partial charge in [0.15, 0.2) is 0 Å². The third-order valence-corrected chi connectivity index (χ3v) is 4.78. The van der Waals surface area contributed by atoms with Crippen LogP contribution < -0.4 is 5.32 Å². The first kappa shape index (κ1) is 13.9. The Morgan fingerprint density at radius 1 is 1.11 bits per heavy atom. The monoisotopic (exact) mass is 252 g/mol. The SMILES string of the molecule is CN(C(=O)C1(C)CCCCN1)C1CCCCCC1. The van der Waals surface area contributed by atoms with Crippen LogP contribution in [-0.2, 0) is 4.79 Å². The van der Waals surface area contributed by atoms with Crippen molar-refractivity contribution >= 4 is 5.91 Å². The van der Waals surface area contributed by atoms with Gasteiger partial charge in [0.1, 0.15) is 0 Å². The summed E-state index contributed by atoms with van der Waals surface area (Å²) in [6.45, 7) is 3.07. The van der Waals surface area contributed by atoms with Crippen molar-refractivity contribution in [1.82, 2.24) is 10.2 Å². The Hall–Kier alpha value is -0.570. The maximum Gasteiger partial charge on any atom is 0.242 e. The summed E-state index contributed by atoms with van der Waals surface area (Å²) in [5.74, 6) is 0.314. The number of nitrogens with one attached hydrogen (secondary N) is 1. The number of hydrogen-bond acceptors (Lipinski definition) is 2. The highest BCUT2D eigenvalue weighted by atomic mass is 16.2. The van der Waals surface area contributed by atoms with Crippen LogP contribution in [0, 0.1) is 0 Å². The maximum atomic E-state index is 12.7. The quantitative estimate of drug-likeness (QED) is 0.766. The maximum absolute atomic E-state index is 12.7. The normalized spacial score (nSPS) is 30.8. The zero-order valence-electron chi connectivity index (χ0n) is 12.0. The molecule has 1 unspecified atom stereocenters. The Labute approximate surface area is 111 Å². The van der Waals surface area contributed by atoms with Crippen molar-refractivity contribution in [3.05, 3.63) is 0 Å². The Kier molecular flexibility index (Phi) is 4.66. The van der Waals surface area contributed by atoms with Gasteiger partial charge in [-0.1, -0.05) is 25.7 Å². The molecule has 1 aliphatic carbocycles. The summed E-state index contributed by atoms with van der Waals surface area (Å²) in [5.41, 5.74) is -0.306. The van der Waals surface area contributed by atoms with Gasteiger partial charge in [0.25, 0.3) is 0 Å². The van der Waals surface area contributed by atoms with Crippen LogP contribution in [0.2, 0.25) is 0 Å². The minimum Gasteiger partial charge on any atom is -0.341 e. The molecule has 0 aromatic heterocycles. The second-order valence-corrected chi connectivity index (χ2v) is 6.28. The van der Waals surface area contributed by atoms with Crippen LogP contribution in [0.1, 0.15) is 64.7 Å². The number of amides is 1. The first-order chi connectivity index (χ1) is 8.63. The Morgan fingerprint density at radius 2 is 1.78 bits per heavy atom. The number of rotatable bonds is 2. The van der Waals surface area contributed by atoms with E-state index in [2.05, 4.69) is 12.2 Å². The molecule has 0 spiro atoms. The predicted molar refractivity (Wildman–Crippen MR) is 74.5 cm³/mol. The summed E-state index contributed by atoms with van der Waals surface area (Å²) in [4.78, 5) is 14.7. The molecule has 1 heterocycles. The molecule has 2 aliphatic rings. The van der Waals surface area contributed by atoms with E-state index in [9.17, 15) is 4.79 Å². The number of nitrogens with zero attached hydrogens (tertiary/aromatic N) is 1. The molecule has 0 radical (unpaired) electrons. The topological polar surface area (TPSA) is 32.3 Å². The largest absolute Gasteiger partial charge is 0.341 e. The molecule has 1 amide bonds. The van der Waals surface area contributed by atoms with E-state index in [1.54, 1.807) is 0 Å². The highest BCUT2D eigenvalue weighted by Gasteiger charge is 2.38. The molecule has 1 aliphatic heterocycles. The highest BCUT2D eigenvalue weighted by molar-refractivity contribution is 5.86. The van der Waals surface area contributed by atoms with Crippen molar-refractivity contribution in [3.63, 3.8) is 0 Å². The third kappa shape index (κ3) is 3.05. The number of hydrogen-bond donors (Lipinski definition) is 1. The van der Waals surface area contributed by atoms with E-state index >= 15 is 0 Å². The van der Waals surface area contributed by atoms with Gasteiger partial charge in [0, 0.05) is 13.1 Å². The zero-order valence-corrected chi connectivity index (χ0v) is 12.0. The third-order valence-electron chi connectivity index (χ3n) is 4.78. The lowest BCUT2D eigenvalue weighted by Gasteiger charge is -2.39. The van der Waals surface area contributed by atoms with E-state index in [-0.39, 0.29) is 5.54 Å². The van der Waals surface area contributed by atoms with E-state index in [0.29, 0.717) is 11.9 Å². The van der Waals surface area contributed by atoms with E-state index in [1.165, 1.54) is 51.4 Å². The fraction of sp³-hybridized carbons (Fsp3) is 0.933. The molecule has 0 aromatic rings. The van der Waals surface area contributed by atoms with Crippen molar-refractivity contribution in [3.8, 4) is 0 Å². The molecule has 104 valence electrons. The molecule has 1 saturated carbocycles. The summed E-state index contributed by atoms with van der Waals surface area (Å²) in [7, 11) is 2.01. The summed E-state index contributed by atoms with van der Waals surface area (Å²) >= 11 is 0. The van der Waals surface area contributed by atoms with Gasteiger partial charge >= 0.3 is 0 Å². The van der Waals surface area contributed by atoms with Gasteiger partial charge in [0.2, 0.25) is 5.91 Å². The molecular formula is C15H28N2O. The van der Waals surface area contributed by atoms with Crippen LogP contribution >= 0.6 is 0 Å². The van der Waals surface area contributed by atoms with E-state index in [0.717, 1.165) is 13.0 Å². The first-order valence-electron chi connectivity index (χ1n) is 7.66. The number of carbonyl (C=O) groups is 1.